The van der Waals surface area contributed by atoms with E-state index in [2.05, 4.69) is 5.32 Å². The second kappa shape index (κ2) is 23.0. The Kier molecular flexibility index (Phi) is 16.6. The normalized spacial score (nSPS) is 30.8. The lowest BCUT2D eigenvalue weighted by atomic mass is 9.78. The van der Waals surface area contributed by atoms with E-state index in [1.165, 1.54) is 59.1 Å². The number of rotatable bonds is 8. The van der Waals surface area contributed by atoms with Crippen LogP contribution >= 0.6 is 0 Å². The standard InChI is InChI=1S/C61H72FN5O15/c1-28-13-11-14-29(2)58(75)64-47-41(24-63-66-21-18-38(26-66)37-15-12-20-65(25-37)49-31(4)48-39(36-16-17-36)23-40(60(77)78)59(76)67(48)27-42(49)62)53(72)44-45(54(47)73)52(71)34(7)56-46(44)57(74)61(9,82-56)80-22-19-43(79-10)30(3)55(81-35(8)68)33(6)51(70)32(5)50(28)69/h11,13-14,19,22-24,27-28,30,32-33,36-38,43,50-51,55,69-71H,12,15-18,20-21,25-26H2,1-10H3,(H,64,75)(H,77,78)/b13-11+,22-19+,29-14-,63-24+/t28-,30+,32+,33+,37?,38?,43-,50-,51+,55+,61-/m0/s1. The molecular formula is C61H72FN5O15. The van der Waals surface area contributed by atoms with Gasteiger partial charge in [0, 0.05) is 81.9 Å². The summed E-state index contributed by atoms with van der Waals surface area (Å²) >= 11 is 0. The minimum Gasteiger partial charge on any atom is -0.507 e. The molecule has 0 radical (unpaired) electrons. The number of methoxy groups -OCH3 is 1. The van der Waals surface area contributed by atoms with E-state index in [9.17, 15) is 49.2 Å². The quantitative estimate of drug-likeness (QED) is 0.114. The molecule has 5 aliphatic heterocycles. The number of pyridine rings is 2. The van der Waals surface area contributed by atoms with Crippen molar-refractivity contribution in [1.82, 2.24) is 14.7 Å². The fraction of sp³-hybridized carbons (Fsp3) is 0.508. The number of aromatic hydroxyl groups is 1. The lowest BCUT2D eigenvalue weighted by Crippen LogP contribution is -2.46. The molecule has 5 N–H and O–H groups in total. The number of fused-ring (bicyclic) bond motifs is 15. The van der Waals surface area contributed by atoms with E-state index in [4.69, 9.17) is 24.0 Å². The van der Waals surface area contributed by atoms with Crippen LogP contribution in [0.5, 0.6) is 11.5 Å². The molecule has 1 aromatic carbocycles. The van der Waals surface area contributed by atoms with Gasteiger partial charge in [-0.3, -0.25) is 38.2 Å². The average Bonchev–Trinajstić information content (AvgIpc) is 1.76. The third-order valence-corrected chi connectivity index (χ3v) is 17.7. The molecule has 20 nitrogen and oxygen atoms in total. The molecule has 11 atom stereocenters. The number of carboxylic acid groups (broad SMARTS) is 1. The number of halogens is 1. The lowest BCUT2D eigenvalue weighted by Gasteiger charge is -2.38. The molecule has 0 spiro atoms. The predicted octanol–water partition coefficient (Wildman–Crippen LogP) is 6.86. The highest BCUT2D eigenvalue weighted by molar-refractivity contribution is 6.37. The van der Waals surface area contributed by atoms with E-state index >= 15 is 9.18 Å². The maximum absolute atomic E-state index is 16.3. The molecule has 2 aliphatic carbocycles. The van der Waals surface area contributed by atoms with Crippen LogP contribution in [-0.4, -0.2) is 135 Å². The summed E-state index contributed by atoms with van der Waals surface area (Å²) in [5.41, 5.74) is -1.30. The Labute approximate surface area is 473 Å². The van der Waals surface area contributed by atoms with Gasteiger partial charge in [0.1, 0.15) is 28.9 Å². The summed E-state index contributed by atoms with van der Waals surface area (Å²) in [6.07, 6.45) is 9.23. The molecule has 2 unspecified atom stereocenters. The number of phenols is 1. The Morgan fingerprint density at radius 3 is 2.27 bits per heavy atom. The zero-order valence-electron chi connectivity index (χ0n) is 47.8. The first-order valence-electron chi connectivity index (χ1n) is 28.0. The molecule has 1 saturated carbocycles. The van der Waals surface area contributed by atoms with Crippen LogP contribution in [0.15, 0.2) is 69.6 Å². The smallest absolute Gasteiger partial charge is 0.341 e. The molecule has 82 heavy (non-hydrogen) atoms. The van der Waals surface area contributed by atoms with Gasteiger partial charge in [-0.25, -0.2) is 9.18 Å². The Balaban J connectivity index is 1.04. The van der Waals surface area contributed by atoms with Gasteiger partial charge in [-0.15, -0.1) is 0 Å². The number of ketones is 3. The monoisotopic (exact) mass is 1130 g/mol. The number of aryl methyl sites for hydroxylation is 1. The molecular weight excluding hydrogens is 1060 g/mol. The molecule has 3 fully saturated rings. The number of hydrogen-bond donors (Lipinski definition) is 5. The van der Waals surface area contributed by atoms with E-state index in [0.29, 0.717) is 54.9 Å². The number of anilines is 1. The second-order valence-corrected chi connectivity index (χ2v) is 23.2. The van der Waals surface area contributed by atoms with Gasteiger partial charge in [0.2, 0.25) is 5.78 Å². The lowest BCUT2D eigenvalue weighted by molar-refractivity contribution is -0.160. The first-order valence-corrected chi connectivity index (χ1v) is 28.0. The van der Waals surface area contributed by atoms with Crippen molar-refractivity contribution in [2.45, 2.75) is 131 Å². The number of piperidine rings is 1. The van der Waals surface area contributed by atoms with E-state index in [1.54, 1.807) is 45.7 Å². The van der Waals surface area contributed by atoms with Crippen LogP contribution in [0, 0.1) is 55.2 Å². The largest absolute Gasteiger partial charge is 0.507 e. The third kappa shape index (κ3) is 10.8. The summed E-state index contributed by atoms with van der Waals surface area (Å²) in [6.45, 7) is 15.8. The Morgan fingerprint density at radius 1 is 0.890 bits per heavy atom. The number of hydrazone groups is 1. The molecule has 21 heteroatoms. The van der Waals surface area contributed by atoms with E-state index in [1.807, 2.05) is 4.90 Å². The van der Waals surface area contributed by atoms with Gasteiger partial charge < -0.3 is 49.6 Å². The van der Waals surface area contributed by atoms with Gasteiger partial charge in [0.05, 0.1) is 70.5 Å². The average molecular weight is 1130 g/mol. The summed E-state index contributed by atoms with van der Waals surface area (Å²) < 4.78 is 41.2. The van der Waals surface area contributed by atoms with Gasteiger partial charge >= 0.3 is 17.7 Å². The minimum absolute atomic E-state index is 0.0378. The van der Waals surface area contributed by atoms with Crippen molar-refractivity contribution in [1.29, 1.82) is 0 Å². The summed E-state index contributed by atoms with van der Waals surface area (Å²) in [6, 6.07) is 1.44. The SMILES string of the molecule is CO[C@H]1/C=C/O[C@@]2(C)Oc3c(C)c(O)c4c(c3C2=O)C(=O)C(/C=N/N2CCC(C3CCCN(c5c(F)cn6c(=O)c(C(=O)O)cc(C7CC7)c6c5C)C3)C2)=C(NC(=O)/C(C)=C\C=C\[C@H](C)[C@H](O)[C@@H](C)[C@@H](O)[C@@H](C)[C@H](OC(C)=O)[C@@H]1C)C4=O. The second-order valence-electron chi connectivity index (χ2n) is 23.2. The van der Waals surface area contributed by atoms with E-state index in [-0.39, 0.29) is 45.8 Å². The van der Waals surface area contributed by atoms with Crippen molar-refractivity contribution in [3.05, 3.63) is 115 Å². The number of carboxylic acids is 1. The van der Waals surface area contributed by atoms with Crippen molar-refractivity contribution in [3.63, 3.8) is 0 Å². The Bertz CT molecular complexity index is 3390. The molecule has 7 heterocycles. The summed E-state index contributed by atoms with van der Waals surface area (Å²) in [4.78, 5) is 98.8. The molecule has 5 bridgehead atoms. The van der Waals surface area contributed by atoms with Gasteiger partial charge in [-0.2, -0.15) is 5.10 Å². The zero-order chi connectivity index (χ0) is 59.5. The first kappa shape index (κ1) is 59.1. The number of carbonyl (C=O) groups is 6. The highest BCUT2D eigenvalue weighted by atomic mass is 19.1. The maximum Gasteiger partial charge on any atom is 0.341 e. The van der Waals surface area contributed by atoms with Gasteiger partial charge in [-0.05, 0) is 93.9 Å². The van der Waals surface area contributed by atoms with E-state index < -0.39 is 129 Å². The van der Waals surface area contributed by atoms with Crippen LogP contribution in [0.1, 0.15) is 145 Å². The number of Topliss-reactive ketones (excluding diaryl/α,β-unsaturated/α-hetero) is 3. The molecule has 438 valence electrons. The number of nitrogens with zero attached hydrogens (tertiary/aromatic N) is 4. The Hall–Kier alpha value is -7.49. The van der Waals surface area contributed by atoms with Crippen molar-refractivity contribution < 1.29 is 72.5 Å². The van der Waals surface area contributed by atoms with Gasteiger partial charge in [0.25, 0.3) is 17.2 Å². The van der Waals surface area contributed by atoms with Gasteiger partial charge in [-0.1, -0.05) is 45.9 Å². The fourth-order valence-electron chi connectivity index (χ4n) is 12.7. The number of ether oxygens (including phenoxy) is 4. The Morgan fingerprint density at radius 2 is 1.60 bits per heavy atom. The van der Waals surface area contributed by atoms with Gasteiger partial charge in [0.15, 0.2) is 11.6 Å². The van der Waals surface area contributed by atoms with Crippen LogP contribution in [0.25, 0.3) is 5.52 Å². The van der Waals surface area contributed by atoms with Crippen LogP contribution < -0.4 is 20.5 Å². The molecule has 2 aromatic heterocycles. The number of phenolic OH excluding ortho intramolecular Hbond substituents is 1. The maximum atomic E-state index is 16.3. The number of carbonyl (C=O) groups excluding carboxylic acids is 5. The van der Waals surface area contributed by atoms with Crippen molar-refractivity contribution in [2.24, 2.45) is 40.6 Å². The molecule has 1 amide bonds. The summed E-state index contributed by atoms with van der Waals surface area (Å²) in [5, 5.41) is 53.8. The number of esters is 1. The number of benzene rings is 1. The first-order chi connectivity index (χ1) is 38.8. The van der Waals surface area contributed by atoms with Crippen molar-refractivity contribution in [2.75, 3.05) is 38.2 Å². The van der Waals surface area contributed by atoms with E-state index in [0.717, 1.165) is 48.8 Å². The number of hydrogen-bond acceptors (Lipinski definition) is 17. The highest BCUT2D eigenvalue weighted by Crippen LogP contribution is 2.49. The topological polar surface area (TPSA) is 273 Å². The van der Waals surface area contributed by atoms with Crippen molar-refractivity contribution >= 4 is 52.6 Å². The molecule has 7 aliphatic rings. The highest BCUT2D eigenvalue weighted by Gasteiger charge is 2.53. The van der Waals surface area contributed by atoms with Crippen LogP contribution in [0.4, 0.5) is 10.1 Å². The van der Waals surface area contributed by atoms with Crippen LogP contribution in [-0.2, 0) is 23.8 Å². The number of nitrogens with one attached hydrogen (secondary N) is 1. The predicted molar refractivity (Wildman–Crippen MR) is 299 cm³/mol. The molecule has 3 aromatic rings. The molecule has 2 saturated heterocycles. The minimum atomic E-state index is -2.17. The van der Waals surface area contributed by atoms with Crippen molar-refractivity contribution in [3.8, 4) is 11.5 Å². The number of allylic oxidation sites excluding steroid dienone is 4. The van der Waals surface area contributed by atoms with Crippen LogP contribution in [0.2, 0.25) is 0 Å². The fourth-order valence-corrected chi connectivity index (χ4v) is 12.7. The number of aromatic carboxylic acids is 1. The number of amides is 1. The summed E-state index contributed by atoms with van der Waals surface area (Å²) in [5.74, 6) is -11.8. The number of aliphatic hydroxyl groups excluding tert-OH is 2. The number of aromatic nitrogens is 1. The third-order valence-electron chi connectivity index (χ3n) is 17.7. The number of aliphatic hydroxyl groups is 2. The molecule has 10 rings (SSSR count). The zero-order valence-corrected chi connectivity index (χ0v) is 47.8. The van der Waals surface area contributed by atoms with Crippen LogP contribution in [0.3, 0.4) is 0 Å². The summed E-state index contributed by atoms with van der Waals surface area (Å²) in [7, 11) is 1.41.